The van der Waals surface area contributed by atoms with Gasteiger partial charge in [0.1, 0.15) is 12.4 Å². The van der Waals surface area contributed by atoms with Crippen molar-refractivity contribution in [2.75, 3.05) is 10.6 Å². The van der Waals surface area contributed by atoms with Crippen molar-refractivity contribution in [3.63, 3.8) is 0 Å². The van der Waals surface area contributed by atoms with Gasteiger partial charge in [-0.2, -0.15) is 5.10 Å². The third-order valence-corrected chi connectivity index (χ3v) is 3.79. The maximum absolute atomic E-state index is 13.1. The Kier molecular flexibility index (Phi) is 5.59. The molecule has 0 atom stereocenters. The van der Waals surface area contributed by atoms with E-state index < -0.39 is 11.5 Å². The molecule has 1 heterocycles. The van der Waals surface area contributed by atoms with Crippen molar-refractivity contribution in [1.82, 2.24) is 9.78 Å². The molecule has 2 amide bonds. The van der Waals surface area contributed by atoms with Crippen molar-refractivity contribution in [2.24, 2.45) is 0 Å². The first kappa shape index (κ1) is 19.0. The Morgan fingerprint density at radius 2 is 1.54 bits per heavy atom. The van der Waals surface area contributed by atoms with E-state index in [4.69, 9.17) is 0 Å². The minimum atomic E-state index is -0.432. The zero-order chi connectivity index (χ0) is 20.1. The van der Waals surface area contributed by atoms with Crippen LogP contribution in [0.25, 0.3) is 11.3 Å². The van der Waals surface area contributed by atoms with Crippen molar-refractivity contribution in [2.45, 2.75) is 13.5 Å². The quantitative estimate of drug-likeness (QED) is 0.712. The molecule has 0 spiro atoms. The Bertz CT molecular complexity index is 1060. The summed E-state index contributed by atoms with van der Waals surface area (Å²) in [4.78, 5) is 35.3. The SMILES string of the molecule is CC(=O)Nc1ccc(NC(=O)Cn2nc(-c3ccc(F)cc3)ccc2=O)cc1. The molecule has 0 unspecified atom stereocenters. The zero-order valence-corrected chi connectivity index (χ0v) is 15.0. The van der Waals surface area contributed by atoms with E-state index in [1.54, 1.807) is 36.4 Å². The summed E-state index contributed by atoms with van der Waals surface area (Å²) in [6, 6.07) is 15.1. The summed E-state index contributed by atoms with van der Waals surface area (Å²) in [5.41, 5.74) is 1.77. The second-order valence-corrected chi connectivity index (χ2v) is 6.03. The predicted octanol–water partition coefficient (Wildman–Crippen LogP) is 2.65. The highest BCUT2D eigenvalue weighted by Crippen LogP contribution is 2.16. The third kappa shape index (κ3) is 4.88. The zero-order valence-electron chi connectivity index (χ0n) is 15.0. The topological polar surface area (TPSA) is 93.1 Å². The summed E-state index contributed by atoms with van der Waals surface area (Å²) in [6.45, 7) is 1.13. The molecule has 8 heteroatoms. The maximum Gasteiger partial charge on any atom is 0.267 e. The molecule has 0 aliphatic heterocycles. The van der Waals surface area contributed by atoms with Crippen LogP contribution in [0.3, 0.4) is 0 Å². The number of halogens is 1. The van der Waals surface area contributed by atoms with Crippen LogP contribution in [0.4, 0.5) is 15.8 Å². The summed E-state index contributed by atoms with van der Waals surface area (Å²) in [7, 11) is 0. The molecule has 1 aromatic heterocycles. The van der Waals surface area contributed by atoms with Crippen LogP contribution in [0.5, 0.6) is 0 Å². The minimum Gasteiger partial charge on any atom is -0.326 e. The van der Waals surface area contributed by atoms with E-state index >= 15 is 0 Å². The standard InChI is InChI=1S/C20H17FN4O3/c1-13(26)22-16-6-8-17(9-7-16)23-19(27)12-25-20(28)11-10-18(24-25)14-2-4-15(21)5-3-14/h2-11H,12H2,1H3,(H,22,26)(H,23,27). The number of amides is 2. The number of nitrogens with one attached hydrogen (secondary N) is 2. The van der Waals surface area contributed by atoms with Crippen LogP contribution in [0.2, 0.25) is 0 Å². The van der Waals surface area contributed by atoms with Crippen molar-refractivity contribution in [3.8, 4) is 11.3 Å². The van der Waals surface area contributed by atoms with Gasteiger partial charge in [-0.3, -0.25) is 14.4 Å². The molecule has 0 saturated heterocycles. The number of carbonyl (C=O) groups excluding carboxylic acids is 2. The van der Waals surface area contributed by atoms with E-state index in [0.29, 0.717) is 22.6 Å². The van der Waals surface area contributed by atoms with Crippen LogP contribution >= 0.6 is 0 Å². The van der Waals surface area contributed by atoms with Gasteiger partial charge in [0, 0.05) is 29.9 Å². The largest absolute Gasteiger partial charge is 0.326 e. The summed E-state index contributed by atoms with van der Waals surface area (Å²) >= 11 is 0. The molecule has 3 rings (SSSR count). The molecule has 3 aromatic rings. The Morgan fingerprint density at radius 3 is 2.14 bits per heavy atom. The molecule has 0 radical (unpaired) electrons. The third-order valence-electron chi connectivity index (χ3n) is 3.79. The average molecular weight is 380 g/mol. The summed E-state index contributed by atoms with van der Waals surface area (Å²) in [5.74, 6) is -0.998. The summed E-state index contributed by atoms with van der Waals surface area (Å²) < 4.78 is 14.1. The Balaban J connectivity index is 1.71. The molecule has 28 heavy (non-hydrogen) atoms. The molecular weight excluding hydrogens is 363 g/mol. The number of carbonyl (C=O) groups is 2. The van der Waals surface area contributed by atoms with Gasteiger partial charge in [-0.25, -0.2) is 9.07 Å². The first-order valence-corrected chi connectivity index (χ1v) is 8.42. The number of benzene rings is 2. The molecule has 2 aromatic carbocycles. The van der Waals surface area contributed by atoms with Crippen LogP contribution in [0, 0.1) is 5.82 Å². The molecule has 0 saturated carbocycles. The van der Waals surface area contributed by atoms with Crippen molar-refractivity contribution < 1.29 is 14.0 Å². The lowest BCUT2D eigenvalue weighted by Gasteiger charge is -2.09. The number of anilines is 2. The van der Waals surface area contributed by atoms with Gasteiger partial charge >= 0.3 is 0 Å². The fourth-order valence-corrected chi connectivity index (χ4v) is 2.51. The number of hydrogen-bond acceptors (Lipinski definition) is 4. The number of hydrogen-bond donors (Lipinski definition) is 2. The van der Waals surface area contributed by atoms with Crippen LogP contribution < -0.4 is 16.2 Å². The second kappa shape index (κ2) is 8.26. The smallest absolute Gasteiger partial charge is 0.267 e. The fraction of sp³-hybridized carbons (Fsp3) is 0.100. The molecular formula is C20H17FN4O3. The number of rotatable bonds is 5. The van der Waals surface area contributed by atoms with Crippen molar-refractivity contribution in [3.05, 3.63) is 76.8 Å². The van der Waals surface area contributed by atoms with Gasteiger partial charge in [0.05, 0.1) is 5.69 Å². The first-order valence-electron chi connectivity index (χ1n) is 8.42. The molecule has 7 nitrogen and oxygen atoms in total. The Morgan fingerprint density at radius 1 is 0.929 bits per heavy atom. The molecule has 0 aliphatic carbocycles. The van der Waals surface area contributed by atoms with Gasteiger partial charge in [-0.1, -0.05) is 0 Å². The van der Waals surface area contributed by atoms with E-state index in [9.17, 15) is 18.8 Å². The fourth-order valence-electron chi connectivity index (χ4n) is 2.51. The first-order chi connectivity index (χ1) is 13.4. The van der Waals surface area contributed by atoms with Crippen molar-refractivity contribution in [1.29, 1.82) is 0 Å². The lowest BCUT2D eigenvalue weighted by Crippen LogP contribution is -2.29. The summed E-state index contributed by atoms with van der Waals surface area (Å²) in [6.07, 6.45) is 0. The highest BCUT2D eigenvalue weighted by atomic mass is 19.1. The minimum absolute atomic E-state index is 0.191. The maximum atomic E-state index is 13.1. The molecule has 142 valence electrons. The average Bonchev–Trinajstić information content (AvgIpc) is 2.65. The van der Waals surface area contributed by atoms with Gasteiger partial charge in [0.2, 0.25) is 11.8 Å². The van der Waals surface area contributed by atoms with Crippen LogP contribution in [-0.4, -0.2) is 21.6 Å². The normalized spacial score (nSPS) is 10.4. The Hall–Kier alpha value is -3.81. The molecule has 2 N–H and O–H groups in total. The predicted molar refractivity (Wildman–Crippen MR) is 103 cm³/mol. The van der Waals surface area contributed by atoms with Gasteiger partial charge in [0.15, 0.2) is 0 Å². The highest BCUT2D eigenvalue weighted by Gasteiger charge is 2.09. The monoisotopic (exact) mass is 380 g/mol. The molecule has 0 aliphatic rings. The van der Waals surface area contributed by atoms with E-state index in [1.165, 1.54) is 31.2 Å². The Labute approximate surface area is 159 Å². The van der Waals surface area contributed by atoms with Crippen LogP contribution in [0.15, 0.2) is 65.5 Å². The molecule has 0 fully saturated rings. The van der Waals surface area contributed by atoms with Crippen LogP contribution in [0.1, 0.15) is 6.92 Å². The van der Waals surface area contributed by atoms with Gasteiger partial charge in [-0.15, -0.1) is 0 Å². The van der Waals surface area contributed by atoms with E-state index in [1.807, 2.05) is 0 Å². The lowest BCUT2D eigenvalue weighted by molar-refractivity contribution is -0.117. The highest BCUT2D eigenvalue weighted by molar-refractivity contribution is 5.92. The van der Waals surface area contributed by atoms with Crippen LogP contribution in [-0.2, 0) is 16.1 Å². The second-order valence-electron chi connectivity index (χ2n) is 6.03. The lowest BCUT2D eigenvalue weighted by atomic mass is 10.1. The van der Waals surface area contributed by atoms with Gasteiger partial charge in [0.25, 0.3) is 5.56 Å². The molecule has 0 bridgehead atoms. The van der Waals surface area contributed by atoms with Crippen molar-refractivity contribution >= 4 is 23.2 Å². The van der Waals surface area contributed by atoms with E-state index in [-0.39, 0.29) is 18.3 Å². The number of nitrogens with zero attached hydrogens (tertiary/aromatic N) is 2. The van der Waals surface area contributed by atoms with Gasteiger partial charge in [-0.05, 0) is 54.6 Å². The van der Waals surface area contributed by atoms with E-state index in [0.717, 1.165) is 4.68 Å². The summed E-state index contributed by atoms with van der Waals surface area (Å²) in [5, 5.41) is 9.47. The van der Waals surface area contributed by atoms with Gasteiger partial charge < -0.3 is 10.6 Å². The van der Waals surface area contributed by atoms with E-state index in [2.05, 4.69) is 15.7 Å². The number of aromatic nitrogens is 2.